The van der Waals surface area contributed by atoms with Gasteiger partial charge in [-0.3, -0.25) is 9.59 Å². The van der Waals surface area contributed by atoms with Crippen LogP contribution in [-0.2, 0) is 18.9 Å². The summed E-state index contributed by atoms with van der Waals surface area (Å²) in [5.41, 5.74) is 1.19. The number of ether oxygens (including phenoxy) is 4. The summed E-state index contributed by atoms with van der Waals surface area (Å²) in [5, 5.41) is 5.92. The standard InChI is InChI=1S/C26H36N2O6S2/c1-31-23(32-2)15-9-17-27-25(29)19-11-5-7-13-21(19)35-36-22-14-8-6-12-20(22)26(30)28-18-10-16-24(33-3)34-4/h5-8,11-14,23-24H,9-10,15-18H2,1-4H3,(H,27,29)(H,28,30). The predicted octanol–water partition coefficient (Wildman–Crippen LogP) is 4.74. The van der Waals surface area contributed by atoms with Crippen molar-refractivity contribution in [1.29, 1.82) is 0 Å². The molecule has 0 aliphatic carbocycles. The highest BCUT2D eigenvalue weighted by Crippen LogP contribution is 2.40. The van der Waals surface area contributed by atoms with Gasteiger partial charge in [0.1, 0.15) is 0 Å². The minimum Gasteiger partial charge on any atom is -0.356 e. The van der Waals surface area contributed by atoms with Gasteiger partial charge in [0.05, 0.1) is 11.1 Å². The highest BCUT2D eigenvalue weighted by Gasteiger charge is 2.15. The molecule has 8 nitrogen and oxygen atoms in total. The molecule has 2 amide bonds. The maximum atomic E-state index is 12.8. The summed E-state index contributed by atoms with van der Waals surface area (Å²) in [6, 6.07) is 14.9. The Kier molecular flexibility index (Phi) is 14.6. The summed E-state index contributed by atoms with van der Waals surface area (Å²) >= 11 is 0. The second kappa shape index (κ2) is 17.4. The molecular weight excluding hydrogens is 500 g/mol. The molecular formula is C26H36N2O6S2. The van der Waals surface area contributed by atoms with Gasteiger partial charge in [0.2, 0.25) is 0 Å². The third kappa shape index (κ3) is 10.1. The Labute approximate surface area is 221 Å². The molecule has 0 saturated heterocycles. The number of hydrogen-bond donors (Lipinski definition) is 2. The zero-order valence-corrected chi connectivity index (χ0v) is 22.9. The Hall–Kier alpha value is -2.08. The largest absolute Gasteiger partial charge is 0.356 e. The molecule has 0 bridgehead atoms. The lowest BCUT2D eigenvalue weighted by Crippen LogP contribution is -2.26. The first kappa shape index (κ1) is 30.1. The first-order valence-electron chi connectivity index (χ1n) is 11.7. The van der Waals surface area contributed by atoms with E-state index in [0.717, 1.165) is 22.6 Å². The van der Waals surface area contributed by atoms with Gasteiger partial charge in [0.15, 0.2) is 12.6 Å². The molecule has 0 atom stereocenters. The molecule has 2 aromatic carbocycles. The van der Waals surface area contributed by atoms with Crippen LogP contribution in [0.4, 0.5) is 0 Å². The normalized spacial score (nSPS) is 11.2. The van der Waals surface area contributed by atoms with Gasteiger partial charge in [-0.1, -0.05) is 45.9 Å². The lowest BCUT2D eigenvalue weighted by molar-refractivity contribution is -0.106. The van der Waals surface area contributed by atoms with Crippen molar-refractivity contribution in [2.75, 3.05) is 41.5 Å². The third-order valence-corrected chi connectivity index (χ3v) is 7.82. The number of carbonyl (C=O) groups excluding carboxylic acids is 2. The first-order valence-corrected chi connectivity index (χ1v) is 13.9. The van der Waals surface area contributed by atoms with Crippen molar-refractivity contribution in [3.05, 3.63) is 59.7 Å². The fraction of sp³-hybridized carbons (Fsp3) is 0.462. The van der Waals surface area contributed by atoms with Crippen molar-refractivity contribution in [3.63, 3.8) is 0 Å². The smallest absolute Gasteiger partial charge is 0.252 e. The van der Waals surface area contributed by atoms with Crippen molar-refractivity contribution in [3.8, 4) is 0 Å². The van der Waals surface area contributed by atoms with Crippen molar-refractivity contribution in [2.24, 2.45) is 0 Å². The van der Waals surface area contributed by atoms with Crippen molar-refractivity contribution in [2.45, 2.75) is 48.1 Å². The summed E-state index contributed by atoms with van der Waals surface area (Å²) in [7, 11) is 9.29. The van der Waals surface area contributed by atoms with Crippen LogP contribution in [0.3, 0.4) is 0 Å². The lowest BCUT2D eigenvalue weighted by atomic mass is 10.2. The van der Waals surface area contributed by atoms with E-state index in [1.54, 1.807) is 40.6 Å². The predicted molar refractivity (Wildman–Crippen MR) is 143 cm³/mol. The van der Waals surface area contributed by atoms with E-state index >= 15 is 0 Å². The second-order valence-electron chi connectivity index (χ2n) is 7.76. The summed E-state index contributed by atoms with van der Waals surface area (Å²) in [6.07, 6.45) is 2.32. The number of amides is 2. The van der Waals surface area contributed by atoms with Gasteiger partial charge in [-0.15, -0.1) is 0 Å². The number of benzene rings is 2. The molecule has 0 saturated carbocycles. The Balaban J connectivity index is 1.93. The van der Waals surface area contributed by atoms with Crippen LogP contribution >= 0.6 is 21.6 Å². The molecule has 10 heteroatoms. The van der Waals surface area contributed by atoms with E-state index in [4.69, 9.17) is 18.9 Å². The molecule has 2 rings (SSSR count). The Bertz CT molecular complexity index is 863. The van der Waals surface area contributed by atoms with E-state index in [-0.39, 0.29) is 24.4 Å². The van der Waals surface area contributed by atoms with E-state index in [1.807, 2.05) is 36.4 Å². The van der Waals surface area contributed by atoms with Crippen LogP contribution in [0.15, 0.2) is 58.3 Å². The minimum atomic E-state index is -0.272. The van der Waals surface area contributed by atoms with Gasteiger partial charge >= 0.3 is 0 Å². The molecule has 0 aliphatic rings. The van der Waals surface area contributed by atoms with Gasteiger partial charge in [0, 0.05) is 64.2 Å². The first-order chi connectivity index (χ1) is 17.5. The zero-order valence-electron chi connectivity index (χ0n) is 21.3. The van der Waals surface area contributed by atoms with Crippen molar-refractivity contribution < 1.29 is 28.5 Å². The average Bonchev–Trinajstić information content (AvgIpc) is 2.92. The molecule has 0 aliphatic heterocycles. The van der Waals surface area contributed by atoms with E-state index in [9.17, 15) is 9.59 Å². The summed E-state index contributed by atoms with van der Waals surface area (Å²) in [5.74, 6) is -0.275. The van der Waals surface area contributed by atoms with Gasteiger partial charge in [-0.25, -0.2) is 0 Å². The van der Waals surface area contributed by atoms with Gasteiger partial charge < -0.3 is 29.6 Å². The highest BCUT2D eigenvalue weighted by molar-refractivity contribution is 8.76. The van der Waals surface area contributed by atoms with Crippen LogP contribution in [0.25, 0.3) is 0 Å². The monoisotopic (exact) mass is 536 g/mol. The Morgan fingerprint density at radius 2 is 1.03 bits per heavy atom. The molecule has 36 heavy (non-hydrogen) atoms. The van der Waals surface area contributed by atoms with Crippen LogP contribution in [0, 0.1) is 0 Å². The number of carbonyl (C=O) groups is 2. The third-order valence-electron chi connectivity index (χ3n) is 5.34. The van der Waals surface area contributed by atoms with Crippen LogP contribution in [0.2, 0.25) is 0 Å². The van der Waals surface area contributed by atoms with Gasteiger partial charge in [0.25, 0.3) is 11.8 Å². The molecule has 0 fully saturated rings. The molecule has 198 valence electrons. The maximum Gasteiger partial charge on any atom is 0.252 e. The molecule has 2 aromatic rings. The Morgan fingerprint density at radius 3 is 1.39 bits per heavy atom. The molecule has 0 spiro atoms. The van der Waals surface area contributed by atoms with Gasteiger partial charge in [-0.2, -0.15) is 0 Å². The highest BCUT2D eigenvalue weighted by atomic mass is 33.1. The number of nitrogens with one attached hydrogen (secondary N) is 2. The van der Waals surface area contributed by atoms with Crippen LogP contribution in [0.1, 0.15) is 46.4 Å². The molecule has 0 unspecified atom stereocenters. The fourth-order valence-corrected chi connectivity index (χ4v) is 5.70. The van der Waals surface area contributed by atoms with Crippen LogP contribution in [0.5, 0.6) is 0 Å². The number of rotatable bonds is 17. The lowest BCUT2D eigenvalue weighted by Gasteiger charge is -2.14. The minimum absolute atomic E-state index is 0.137. The van der Waals surface area contributed by atoms with E-state index in [0.29, 0.717) is 37.1 Å². The number of hydrogen-bond acceptors (Lipinski definition) is 8. The maximum absolute atomic E-state index is 12.8. The number of methoxy groups -OCH3 is 4. The van der Waals surface area contributed by atoms with Crippen LogP contribution in [-0.4, -0.2) is 65.9 Å². The molecule has 0 aromatic heterocycles. The average molecular weight is 537 g/mol. The molecule has 0 radical (unpaired) electrons. The second-order valence-corrected chi connectivity index (χ2v) is 9.97. The quantitative estimate of drug-likeness (QED) is 0.170. The summed E-state index contributed by atoms with van der Waals surface area (Å²) in [4.78, 5) is 27.2. The fourth-order valence-electron chi connectivity index (χ4n) is 3.34. The SMILES string of the molecule is COC(CCCNC(=O)c1ccccc1SSc1ccccc1C(=O)NCCCC(OC)OC)OC. The van der Waals surface area contributed by atoms with Crippen LogP contribution < -0.4 is 10.6 Å². The van der Waals surface area contributed by atoms with E-state index in [2.05, 4.69) is 10.6 Å². The summed E-state index contributed by atoms with van der Waals surface area (Å²) < 4.78 is 20.7. The van der Waals surface area contributed by atoms with Crippen molar-refractivity contribution >= 4 is 33.4 Å². The van der Waals surface area contributed by atoms with E-state index < -0.39 is 0 Å². The van der Waals surface area contributed by atoms with E-state index in [1.165, 1.54) is 21.6 Å². The Morgan fingerprint density at radius 1 is 0.667 bits per heavy atom. The topological polar surface area (TPSA) is 95.1 Å². The van der Waals surface area contributed by atoms with Crippen molar-refractivity contribution in [1.82, 2.24) is 10.6 Å². The molecule has 2 N–H and O–H groups in total. The van der Waals surface area contributed by atoms with Gasteiger partial charge in [-0.05, 0) is 37.1 Å². The molecule has 0 heterocycles. The summed E-state index contributed by atoms with van der Waals surface area (Å²) in [6.45, 7) is 1.04. The zero-order chi connectivity index (χ0) is 26.2.